The van der Waals surface area contributed by atoms with E-state index in [4.69, 9.17) is 23.7 Å². The second-order valence-electron chi connectivity index (χ2n) is 18.3. The molecule has 0 heterocycles. The largest absolute Gasteiger partial charge is 0.499 e. The van der Waals surface area contributed by atoms with E-state index in [1.807, 2.05) is 0 Å². The van der Waals surface area contributed by atoms with Crippen molar-refractivity contribution in [2.75, 3.05) is 52.7 Å². The van der Waals surface area contributed by atoms with Crippen LogP contribution in [0.25, 0.3) is 0 Å². The van der Waals surface area contributed by atoms with Gasteiger partial charge in [-0.25, -0.2) is 0 Å². The zero-order valence-corrected chi connectivity index (χ0v) is 46.2. The van der Waals surface area contributed by atoms with E-state index >= 15 is 0 Å². The molecule has 7 heteroatoms. The number of ketones is 1. The third kappa shape index (κ3) is 51.3. The van der Waals surface area contributed by atoms with Crippen LogP contribution in [0.1, 0.15) is 221 Å². The van der Waals surface area contributed by atoms with E-state index in [1.165, 1.54) is 77.4 Å². The third-order valence-electron chi connectivity index (χ3n) is 11.7. The molecule has 0 aromatic carbocycles. The molecule has 0 rings (SSSR count). The van der Waals surface area contributed by atoms with E-state index in [-0.39, 0.29) is 12.6 Å². The first-order valence-electron chi connectivity index (χ1n) is 28.7. The number of carbonyl (C=O) groups excluding carboxylic acids is 1. The lowest BCUT2D eigenvalue weighted by atomic mass is 10.1. The first kappa shape index (κ1) is 66.9. The first-order chi connectivity index (χ1) is 34.5. The highest BCUT2D eigenvalue weighted by Gasteiger charge is 2.13. The van der Waals surface area contributed by atoms with E-state index in [0.29, 0.717) is 51.5 Å². The van der Waals surface area contributed by atoms with Crippen molar-refractivity contribution in [3.8, 4) is 0 Å². The van der Waals surface area contributed by atoms with Gasteiger partial charge in [-0.1, -0.05) is 183 Å². The summed E-state index contributed by atoms with van der Waals surface area (Å²) in [6.07, 6.45) is 63.7. The number of allylic oxidation sites excluding steroid dienone is 13. The molecule has 0 atom stereocenters. The topological polar surface area (TPSA) is 66.5 Å². The lowest BCUT2D eigenvalue weighted by Crippen LogP contribution is -2.27. The van der Waals surface area contributed by atoms with Gasteiger partial charge in [0.05, 0.1) is 38.8 Å². The molecule has 70 heavy (non-hydrogen) atoms. The van der Waals surface area contributed by atoms with Gasteiger partial charge in [-0.3, -0.25) is 4.79 Å². The van der Waals surface area contributed by atoms with Crippen LogP contribution in [0.2, 0.25) is 0 Å². The molecule has 0 saturated heterocycles. The quantitative estimate of drug-likeness (QED) is 0.0260. The smallest absolute Gasteiger partial charge is 0.158 e. The fourth-order valence-corrected chi connectivity index (χ4v) is 7.59. The van der Waals surface area contributed by atoms with E-state index < -0.39 is 0 Å². The Balaban J connectivity index is 4.51. The molecular weight excluding hydrogens is 867 g/mol. The van der Waals surface area contributed by atoms with Crippen LogP contribution in [0.15, 0.2) is 110 Å². The number of nitrogens with zero attached hydrogens (tertiary/aromatic N) is 1. The summed E-state index contributed by atoms with van der Waals surface area (Å²) in [4.78, 5) is 15.6. The van der Waals surface area contributed by atoms with Crippen molar-refractivity contribution in [1.82, 2.24) is 4.90 Å². The van der Waals surface area contributed by atoms with Gasteiger partial charge in [0.1, 0.15) is 5.78 Å². The maximum absolute atomic E-state index is 12.9. The summed E-state index contributed by atoms with van der Waals surface area (Å²) < 4.78 is 30.6. The van der Waals surface area contributed by atoms with Crippen molar-refractivity contribution in [1.29, 1.82) is 0 Å². The number of hydrogen-bond donors (Lipinski definition) is 0. The molecule has 0 aromatic heterocycles. The summed E-state index contributed by atoms with van der Waals surface area (Å²) >= 11 is 0. The van der Waals surface area contributed by atoms with E-state index in [1.54, 1.807) is 0 Å². The molecule has 0 fully saturated rings. The summed E-state index contributed by atoms with van der Waals surface area (Å²) in [6.45, 7) is 21.9. The monoisotopic (exact) mass is 976 g/mol. The maximum Gasteiger partial charge on any atom is 0.158 e. The standard InChI is InChI=1S/C63H109NO6/c1-7-12-17-21-25-33-43-56-67-62(68-57-44-34-26-22-18-13-8-2)50-48-60(6)66-55-42-37-32-41-54-64(52-39-16-11-5)53-40-31-29-30-38-47-61(65)49-51-63(69-58-45-35-27-23-19-14-9-3)70-59-46-36-28-24-20-15-10-4/h12-15,17-20,25-28,33-36,62-63H,6-11,16,21-24,29-32,37-59H2,1-5H3/b17-12+,18-13+,19-14+,20-15+,33-25+,34-26+,35-27+,36-28+. The number of carbonyl (C=O) groups is 1. The van der Waals surface area contributed by atoms with Crippen molar-refractivity contribution >= 4 is 5.78 Å². The van der Waals surface area contributed by atoms with Gasteiger partial charge in [0.25, 0.3) is 0 Å². The fraction of sp³-hybridized carbons (Fsp3) is 0.698. The predicted octanol–water partition coefficient (Wildman–Crippen LogP) is 18.0. The molecule has 402 valence electrons. The minimum atomic E-state index is -0.329. The van der Waals surface area contributed by atoms with Gasteiger partial charge in [-0.15, -0.1) is 0 Å². The lowest BCUT2D eigenvalue weighted by Gasteiger charge is -2.22. The molecule has 0 N–H and O–H groups in total. The Kier molecular flexibility index (Phi) is 54.3. The minimum Gasteiger partial charge on any atom is -0.499 e. The van der Waals surface area contributed by atoms with E-state index in [0.717, 1.165) is 122 Å². The van der Waals surface area contributed by atoms with Gasteiger partial charge < -0.3 is 28.6 Å². The van der Waals surface area contributed by atoms with Crippen molar-refractivity contribution in [2.24, 2.45) is 0 Å². The summed E-state index contributed by atoms with van der Waals surface area (Å²) in [5, 5.41) is 0. The average molecular weight is 977 g/mol. The zero-order chi connectivity index (χ0) is 50.9. The Labute approximate surface area is 433 Å². The summed E-state index contributed by atoms with van der Waals surface area (Å²) in [7, 11) is 0. The Bertz CT molecular complexity index is 1210. The number of Topliss-reactive ketones (excluding diaryl/α,β-unsaturated/α-hetero) is 1. The Morgan fingerprint density at radius 3 is 1.17 bits per heavy atom. The molecular formula is C63H109NO6. The van der Waals surface area contributed by atoms with Gasteiger partial charge in [0, 0.05) is 32.1 Å². The van der Waals surface area contributed by atoms with Crippen LogP contribution in [0, 0.1) is 0 Å². The van der Waals surface area contributed by atoms with Crippen molar-refractivity contribution in [3.05, 3.63) is 110 Å². The molecule has 0 aliphatic heterocycles. The molecule has 0 aliphatic carbocycles. The first-order valence-corrected chi connectivity index (χ1v) is 28.7. The van der Waals surface area contributed by atoms with Gasteiger partial charge in [0.15, 0.2) is 12.6 Å². The van der Waals surface area contributed by atoms with Crippen LogP contribution < -0.4 is 0 Å². The summed E-state index contributed by atoms with van der Waals surface area (Å²) in [6, 6.07) is 0. The Hall–Kier alpha value is -3.07. The SMILES string of the molecule is C=C(CCC(OCC/C=C/C/C=C/CC)OCC/C=C/C/C=C/CC)OCCCCCCN(CCCCC)CCCCCCCC(=O)CCC(OCC/C=C/C/C=C/CC)OCC/C=C/C/C=C/CC. The molecule has 0 aromatic rings. The van der Waals surface area contributed by atoms with E-state index in [9.17, 15) is 4.79 Å². The van der Waals surface area contributed by atoms with Crippen LogP contribution in [0.3, 0.4) is 0 Å². The maximum atomic E-state index is 12.9. The predicted molar refractivity (Wildman–Crippen MR) is 303 cm³/mol. The lowest BCUT2D eigenvalue weighted by molar-refractivity contribution is -0.148. The second kappa shape index (κ2) is 56.8. The van der Waals surface area contributed by atoms with Crippen LogP contribution in [0.5, 0.6) is 0 Å². The van der Waals surface area contributed by atoms with E-state index in [2.05, 4.69) is 143 Å². The molecule has 0 saturated carbocycles. The average Bonchev–Trinajstić information content (AvgIpc) is 3.36. The summed E-state index contributed by atoms with van der Waals surface area (Å²) in [5.41, 5.74) is 0. The van der Waals surface area contributed by atoms with Crippen molar-refractivity contribution in [2.45, 2.75) is 233 Å². The molecule has 0 bridgehead atoms. The molecule has 7 nitrogen and oxygen atoms in total. The Morgan fingerprint density at radius 2 is 0.757 bits per heavy atom. The van der Waals surface area contributed by atoms with Crippen molar-refractivity contribution < 1.29 is 28.5 Å². The van der Waals surface area contributed by atoms with Crippen LogP contribution in [-0.4, -0.2) is 75.9 Å². The second-order valence-corrected chi connectivity index (χ2v) is 18.3. The van der Waals surface area contributed by atoms with Crippen LogP contribution >= 0.6 is 0 Å². The van der Waals surface area contributed by atoms with Gasteiger partial charge in [-0.2, -0.15) is 0 Å². The highest BCUT2D eigenvalue weighted by molar-refractivity contribution is 5.78. The number of ether oxygens (including phenoxy) is 5. The zero-order valence-electron chi connectivity index (χ0n) is 46.2. The molecule has 0 spiro atoms. The summed E-state index contributed by atoms with van der Waals surface area (Å²) in [5.74, 6) is 1.16. The highest BCUT2D eigenvalue weighted by Crippen LogP contribution is 2.16. The van der Waals surface area contributed by atoms with Crippen LogP contribution in [0.4, 0.5) is 0 Å². The van der Waals surface area contributed by atoms with Gasteiger partial charge >= 0.3 is 0 Å². The van der Waals surface area contributed by atoms with Crippen molar-refractivity contribution in [3.63, 3.8) is 0 Å². The normalized spacial score (nSPS) is 12.7. The number of hydrogen-bond acceptors (Lipinski definition) is 7. The fourth-order valence-electron chi connectivity index (χ4n) is 7.59. The van der Waals surface area contributed by atoms with Gasteiger partial charge in [0.2, 0.25) is 0 Å². The molecule has 0 amide bonds. The number of rotatable bonds is 54. The highest BCUT2D eigenvalue weighted by atomic mass is 16.7. The molecule has 0 radical (unpaired) electrons. The molecule has 0 aliphatic rings. The molecule has 0 unspecified atom stereocenters. The minimum absolute atomic E-state index is 0.253. The third-order valence-corrected chi connectivity index (χ3v) is 11.7. The van der Waals surface area contributed by atoms with Crippen LogP contribution in [-0.2, 0) is 28.5 Å². The number of unbranched alkanes of at least 4 members (excludes halogenated alkanes) is 9. The van der Waals surface area contributed by atoms with Gasteiger partial charge in [-0.05, 0) is 129 Å². The Morgan fingerprint density at radius 1 is 0.400 bits per heavy atom.